The van der Waals surface area contributed by atoms with E-state index in [1.54, 1.807) is 0 Å². The van der Waals surface area contributed by atoms with Gasteiger partial charge in [0.05, 0.1) is 6.61 Å². The zero-order valence-electron chi connectivity index (χ0n) is 18.5. The van der Waals surface area contributed by atoms with Crippen LogP contribution in [-0.2, 0) is 9.53 Å². The van der Waals surface area contributed by atoms with E-state index < -0.39 is 0 Å². The van der Waals surface area contributed by atoms with Crippen LogP contribution in [0.5, 0.6) is 0 Å². The number of unbranched alkanes of at least 4 members (excludes halogenated alkanes) is 17. The van der Waals surface area contributed by atoms with Gasteiger partial charge in [0.2, 0.25) is 0 Å². The third kappa shape index (κ3) is 23.4. The predicted octanol–water partition coefficient (Wildman–Crippen LogP) is 7.31. The number of hydrogen-bond acceptors (Lipinski definition) is 3. The van der Waals surface area contributed by atoms with Crippen molar-refractivity contribution in [3.63, 3.8) is 0 Å². The highest BCUT2D eigenvalue weighted by molar-refractivity contribution is 5.69. The molecular weight excluding hydrogens is 334 g/mol. The van der Waals surface area contributed by atoms with E-state index in [0.29, 0.717) is 13.0 Å². The molecule has 0 aromatic heterocycles. The van der Waals surface area contributed by atoms with E-state index in [9.17, 15) is 4.79 Å². The molecule has 0 spiro atoms. The summed E-state index contributed by atoms with van der Waals surface area (Å²) >= 11 is 0. The molecule has 27 heavy (non-hydrogen) atoms. The van der Waals surface area contributed by atoms with Gasteiger partial charge in [0.15, 0.2) is 0 Å². The highest BCUT2D eigenvalue weighted by Gasteiger charge is 2.02. The minimum atomic E-state index is 0.00714. The van der Waals surface area contributed by atoms with E-state index in [-0.39, 0.29) is 5.97 Å². The first-order valence-corrected chi connectivity index (χ1v) is 12.2. The Labute approximate surface area is 170 Å². The summed E-state index contributed by atoms with van der Waals surface area (Å²) in [6.45, 7) is 3.72. The van der Waals surface area contributed by atoms with Crippen LogP contribution in [0.1, 0.15) is 135 Å². The molecule has 0 saturated carbocycles. The van der Waals surface area contributed by atoms with E-state index in [0.717, 1.165) is 25.8 Å². The molecule has 3 nitrogen and oxygen atoms in total. The van der Waals surface area contributed by atoms with Crippen LogP contribution >= 0.6 is 0 Å². The summed E-state index contributed by atoms with van der Waals surface area (Å²) in [7, 11) is 0. The number of ether oxygens (including phenoxy) is 1. The van der Waals surface area contributed by atoms with Gasteiger partial charge < -0.3 is 10.5 Å². The lowest BCUT2D eigenvalue weighted by Gasteiger charge is -2.05. The molecule has 0 unspecified atom stereocenters. The lowest BCUT2D eigenvalue weighted by molar-refractivity contribution is -0.143. The average molecular weight is 384 g/mol. The predicted molar refractivity (Wildman–Crippen MR) is 118 cm³/mol. The highest BCUT2D eigenvalue weighted by atomic mass is 16.5. The van der Waals surface area contributed by atoms with Crippen molar-refractivity contribution in [2.75, 3.05) is 13.2 Å². The van der Waals surface area contributed by atoms with Gasteiger partial charge in [-0.15, -0.1) is 0 Å². The van der Waals surface area contributed by atoms with E-state index in [1.807, 2.05) is 0 Å². The van der Waals surface area contributed by atoms with Crippen molar-refractivity contribution in [1.29, 1.82) is 0 Å². The number of hydrogen-bond donors (Lipinski definition) is 1. The summed E-state index contributed by atoms with van der Waals surface area (Å²) in [4.78, 5) is 11.7. The van der Waals surface area contributed by atoms with Crippen LogP contribution in [0, 0.1) is 0 Å². The maximum atomic E-state index is 11.7. The normalized spacial score (nSPS) is 11.0. The lowest BCUT2D eigenvalue weighted by atomic mass is 10.1. The first-order valence-electron chi connectivity index (χ1n) is 12.2. The number of carbonyl (C=O) groups is 1. The molecule has 0 saturated heterocycles. The summed E-state index contributed by atoms with van der Waals surface area (Å²) < 4.78 is 5.35. The van der Waals surface area contributed by atoms with Crippen molar-refractivity contribution in [3.8, 4) is 0 Å². The van der Waals surface area contributed by atoms with E-state index in [1.165, 1.54) is 103 Å². The summed E-state index contributed by atoms with van der Waals surface area (Å²) in [6.07, 6.45) is 24.9. The standard InChI is InChI=1S/C24H49NO2/c1-2-3-4-5-6-7-11-14-17-20-23-27-24(26)21-18-15-12-9-8-10-13-16-19-22-25/h2-23,25H2,1H3. The van der Waals surface area contributed by atoms with Crippen LogP contribution in [-0.4, -0.2) is 19.1 Å². The molecule has 0 bridgehead atoms. The zero-order chi connectivity index (χ0) is 19.8. The van der Waals surface area contributed by atoms with Crippen LogP contribution in [0.15, 0.2) is 0 Å². The Hall–Kier alpha value is -0.570. The van der Waals surface area contributed by atoms with Crippen molar-refractivity contribution < 1.29 is 9.53 Å². The first-order chi connectivity index (χ1) is 13.3. The van der Waals surface area contributed by atoms with Gasteiger partial charge in [-0.1, -0.05) is 110 Å². The molecule has 0 aliphatic rings. The Morgan fingerprint density at radius 3 is 1.48 bits per heavy atom. The Balaban J connectivity index is 3.13. The number of esters is 1. The Morgan fingerprint density at radius 1 is 0.593 bits per heavy atom. The van der Waals surface area contributed by atoms with Crippen LogP contribution in [0.25, 0.3) is 0 Å². The summed E-state index contributed by atoms with van der Waals surface area (Å²) in [5, 5.41) is 0. The number of carbonyl (C=O) groups excluding carboxylic acids is 1. The molecule has 0 aromatic carbocycles. The number of rotatable bonds is 22. The van der Waals surface area contributed by atoms with E-state index >= 15 is 0 Å². The molecule has 0 radical (unpaired) electrons. The second-order valence-corrected chi connectivity index (χ2v) is 8.12. The minimum absolute atomic E-state index is 0.00714. The van der Waals surface area contributed by atoms with Gasteiger partial charge in [-0.05, 0) is 25.8 Å². The fourth-order valence-corrected chi connectivity index (χ4v) is 3.50. The quantitative estimate of drug-likeness (QED) is 0.157. The average Bonchev–Trinajstić information content (AvgIpc) is 2.67. The van der Waals surface area contributed by atoms with Crippen molar-refractivity contribution >= 4 is 5.97 Å². The van der Waals surface area contributed by atoms with Gasteiger partial charge in [-0.2, -0.15) is 0 Å². The molecule has 0 amide bonds. The molecule has 0 fully saturated rings. The second-order valence-electron chi connectivity index (χ2n) is 8.12. The molecule has 162 valence electrons. The minimum Gasteiger partial charge on any atom is -0.466 e. The Morgan fingerprint density at radius 2 is 1.00 bits per heavy atom. The SMILES string of the molecule is CCCCCCCCCCCCOC(=O)CCCCCCCCCCCN. The van der Waals surface area contributed by atoms with Crippen LogP contribution in [0.3, 0.4) is 0 Å². The lowest BCUT2D eigenvalue weighted by Crippen LogP contribution is -2.05. The van der Waals surface area contributed by atoms with Crippen molar-refractivity contribution in [2.24, 2.45) is 5.73 Å². The second kappa shape index (κ2) is 23.5. The molecule has 3 heteroatoms. The summed E-state index contributed by atoms with van der Waals surface area (Å²) in [5.74, 6) is 0.00714. The van der Waals surface area contributed by atoms with Crippen molar-refractivity contribution in [2.45, 2.75) is 135 Å². The molecule has 0 atom stereocenters. The van der Waals surface area contributed by atoms with Gasteiger partial charge in [0.25, 0.3) is 0 Å². The molecule has 0 aliphatic carbocycles. The van der Waals surface area contributed by atoms with Crippen molar-refractivity contribution in [1.82, 2.24) is 0 Å². The van der Waals surface area contributed by atoms with Crippen LogP contribution < -0.4 is 5.73 Å². The topological polar surface area (TPSA) is 52.3 Å². The Kier molecular flexibility index (Phi) is 23.0. The molecular formula is C24H49NO2. The van der Waals surface area contributed by atoms with Crippen LogP contribution in [0.2, 0.25) is 0 Å². The smallest absolute Gasteiger partial charge is 0.305 e. The van der Waals surface area contributed by atoms with Gasteiger partial charge in [-0.3, -0.25) is 4.79 Å². The highest BCUT2D eigenvalue weighted by Crippen LogP contribution is 2.12. The third-order valence-electron chi connectivity index (χ3n) is 5.35. The van der Waals surface area contributed by atoms with Gasteiger partial charge in [0.1, 0.15) is 0 Å². The van der Waals surface area contributed by atoms with Gasteiger partial charge >= 0.3 is 5.97 Å². The monoisotopic (exact) mass is 383 g/mol. The molecule has 0 heterocycles. The summed E-state index contributed by atoms with van der Waals surface area (Å²) in [5.41, 5.74) is 5.49. The van der Waals surface area contributed by atoms with Gasteiger partial charge in [0, 0.05) is 6.42 Å². The fraction of sp³-hybridized carbons (Fsp3) is 0.958. The van der Waals surface area contributed by atoms with Gasteiger partial charge in [-0.25, -0.2) is 0 Å². The molecule has 2 N–H and O–H groups in total. The zero-order valence-corrected chi connectivity index (χ0v) is 18.5. The first kappa shape index (κ1) is 26.4. The van der Waals surface area contributed by atoms with E-state index in [4.69, 9.17) is 10.5 Å². The molecule has 0 aromatic rings. The van der Waals surface area contributed by atoms with Crippen molar-refractivity contribution in [3.05, 3.63) is 0 Å². The van der Waals surface area contributed by atoms with E-state index in [2.05, 4.69) is 6.92 Å². The third-order valence-corrected chi connectivity index (χ3v) is 5.35. The molecule has 0 aliphatic heterocycles. The largest absolute Gasteiger partial charge is 0.466 e. The summed E-state index contributed by atoms with van der Waals surface area (Å²) in [6, 6.07) is 0. The van der Waals surface area contributed by atoms with Crippen LogP contribution in [0.4, 0.5) is 0 Å². The molecule has 0 rings (SSSR count). The Bertz CT molecular complexity index is 294. The number of nitrogens with two attached hydrogens (primary N) is 1. The fourth-order valence-electron chi connectivity index (χ4n) is 3.50. The maximum absolute atomic E-state index is 11.7. The maximum Gasteiger partial charge on any atom is 0.305 e.